The van der Waals surface area contributed by atoms with E-state index in [0.29, 0.717) is 5.92 Å². The van der Waals surface area contributed by atoms with Gasteiger partial charge in [0.2, 0.25) is 0 Å². The smallest absolute Gasteiger partial charge is 0.127 e. The molecule has 0 saturated heterocycles. The number of ether oxygens (including phenoxy) is 1. The number of aliphatic hydroxyl groups is 1. The molecule has 2 fully saturated rings. The average Bonchev–Trinajstić information content (AvgIpc) is 2.91. The van der Waals surface area contributed by atoms with Crippen LogP contribution in [0.1, 0.15) is 62.5 Å². The third-order valence-corrected chi connectivity index (χ3v) is 7.18. The van der Waals surface area contributed by atoms with Gasteiger partial charge in [-0.3, -0.25) is 0 Å². The quantitative estimate of drug-likeness (QED) is 0.891. The zero-order valence-electron chi connectivity index (χ0n) is 13.8. The Morgan fingerprint density at radius 2 is 2.18 bits per heavy atom. The Bertz CT molecular complexity index is 567. The van der Waals surface area contributed by atoms with Crippen molar-refractivity contribution >= 4 is 0 Å². The summed E-state index contributed by atoms with van der Waals surface area (Å²) in [5, 5.41) is 10.6. The zero-order chi connectivity index (χ0) is 15.3. The highest BCUT2D eigenvalue weighted by molar-refractivity contribution is 5.40. The summed E-state index contributed by atoms with van der Waals surface area (Å²) < 4.78 is 5.41. The molecular formula is C20H27O2. The summed E-state index contributed by atoms with van der Waals surface area (Å²) in [4.78, 5) is 0. The first kappa shape index (κ1) is 14.6. The standard InChI is InChI=1S/C20H27O2/c1-3-20-11-10-15-16(18(20)8-9-19(20)21)7-5-13-4-6-14(22-2)12-17(13)15/h4,12,15-16,18-19,21H,3,5,7-11H2,1-2H3/t15-,16+,18-,19+,20-/m0/s1. The number of rotatable bonds is 2. The number of fused-ring (bicyclic) bond motifs is 5. The van der Waals surface area contributed by atoms with Crippen LogP contribution in [0.5, 0.6) is 5.75 Å². The zero-order valence-corrected chi connectivity index (χ0v) is 13.8. The van der Waals surface area contributed by atoms with Gasteiger partial charge >= 0.3 is 0 Å². The Balaban J connectivity index is 1.71. The molecule has 3 aliphatic rings. The van der Waals surface area contributed by atoms with Crippen LogP contribution in [0, 0.1) is 23.3 Å². The maximum absolute atomic E-state index is 10.6. The molecular weight excluding hydrogens is 272 g/mol. The van der Waals surface area contributed by atoms with Crippen molar-refractivity contribution in [3.63, 3.8) is 0 Å². The van der Waals surface area contributed by atoms with E-state index >= 15 is 0 Å². The Morgan fingerprint density at radius 1 is 1.32 bits per heavy atom. The van der Waals surface area contributed by atoms with E-state index in [1.54, 1.807) is 7.11 Å². The van der Waals surface area contributed by atoms with Crippen LogP contribution >= 0.6 is 0 Å². The fraction of sp³-hybridized carbons (Fsp3) is 0.700. The van der Waals surface area contributed by atoms with Crippen molar-refractivity contribution in [2.45, 2.75) is 63.9 Å². The lowest BCUT2D eigenvalue weighted by Gasteiger charge is -2.51. The normalized spacial score (nSPS) is 39.8. The second-order valence-corrected chi connectivity index (χ2v) is 7.62. The average molecular weight is 299 g/mol. The van der Waals surface area contributed by atoms with Crippen molar-refractivity contribution in [1.82, 2.24) is 0 Å². The van der Waals surface area contributed by atoms with Crippen LogP contribution < -0.4 is 4.74 Å². The van der Waals surface area contributed by atoms with Crippen molar-refractivity contribution in [1.29, 1.82) is 0 Å². The molecule has 1 N–H and O–H groups in total. The minimum Gasteiger partial charge on any atom is -0.496 e. The molecule has 2 nitrogen and oxygen atoms in total. The van der Waals surface area contributed by atoms with Gasteiger partial charge in [0.25, 0.3) is 0 Å². The van der Waals surface area contributed by atoms with Gasteiger partial charge in [-0.05, 0) is 91.4 Å². The highest BCUT2D eigenvalue weighted by Crippen LogP contribution is 2.62. The molecule has 0 unspecified atom stereocenters. The summed E-state index contributed by atoms with van der Waals surface area (Å²) in [5.41, 5.74) is 3.20. The molecule has 1 radical (unpaired) electrons. The van der Waals surface area contributed by atoms with Gasteiger partial charge in [-0.25, -0.2) is 0 Å². The predicted molar refractivity (Wildman–Crippen MR) is 87.1 cm³/mol. The molecule has 2 saturated carbocycles. The van der Waals surface area contributed by atoms with E-state index in [2.05, 4.69) is 25.1 Å². The van der Waals surface area contributed by atoms with E-state index in [1.165, 1.54) is 43.2 Å². The van der Waals surface area contributed by atoms with Crippen molar-refractivity contribution in [2.75, 3.05) is 7.11 Å². The first-order valence-electron chi connectivity index (χ1n) is 8.96. The number of hydrogen-bond donors (Lipinski definition) is 1. The molecule has 2 heteroatoms. The van der Waals surface area contributed by atoms with Gasteiger partial charge in [0.15, 0.2) is 0 Å². The van der Waals surface area contributed by atoms with Gasteiger partial charge < -0.3 is 9.84 Å². The van der Waals surface area contributed by atoms with Crippen molar-refractivity contribution in [2.24, 2.45) is 17.3 Å². The molecule has 0 spiro atoms. The summed E-state index contributed by atoms with van der Waals surface area (Å²) in [6.45, 7) is 2.29. The van der Waals surface area contributed by atoms with Crippen LogP contribution in [-0.4, -0.2) is 18.3 Å². The molecule has 119 valence electrons. The Labute approximate surface area is 133 Å². The molecule has 5 atom stereocenters. The number of benzene rings is 1. The lowest BCUT2D eigenvalue weighted by Crippen LogP contribution is -2.45. The highest BCUT2D eigenvalue weighted by Gasteiger charge is 2.55. The fourth-order valence-electron chi connectivity index (χ4n) is 6.05. The van der Waals surface area contributed by atoms with Gasteiger partial charge in [0, 0.05) is 6.07 Å². The Morgan fingerprint density at radius 3 is 2.95 bits per heavy atom. The van der Waals surface area contributed by atoms with Crippen LogP contribution in [0.15, 0.2) is 12.1 Å². The monoisotopic (exact) mass is 299 g/mol. The van der Waals surface area contributed by atoms with Crippen LogP contribution in [0.3, 0.4) is 0 Å². The van der Waals surface area contributed by atoms with Gasteiger partial charge in [0.1, 0.15) is 5.75 Å². The third kappa shape index (κ3) is 1.89. The van der Waals surface area contributed by atoms with E-state index in [1.807, 2.05) is 0 Å². The molecule has 1 aromatic carbocycles. The van der Waals surface area contributed by atoms with E-state index in [0.717, 1.165) is 30.4 Å². The van der Waals surface area contributed by atoms with Crippen LogP contribution in [0.2, 0.25) is 0 Å². The van der Waals surface area contributed by atoms with Gasteiger partial charge in [0.05, 0.1) is 13.2 Å². The first-order chi connectivity index (χ1) is 10.7. The lowest BCUT2D eigenvalue weighted by atomic mass is 9.54. The van der Waals surface area contributed by atoms with E-state index in [-0.39, 0.29) is 11.5 Å². The highest BCUT2D eigenvalue weighted by atomic mass is 16.5. The third-order valence-electron chi connectivity index (χ3n) is 7.18. The minimum atomic E-state index is -0.0662. The summed E-state index contributed by atoms with van der Waals surface area (Å²) in [7, 11) is 1.73. The lowest BCUT2D eigenvalue weighted by molar-refractivity contribution is -0.0394. The summed E-state index contributed by atoms with van der Waals surface area (Å²) in [6, 6.07) is 7.63. The minimum absolute atomic E-state index is 0.0662. The van der Waals surface area contributed by atoms with Gasteiger partial charge in [-0.15, -0.1) is 0 Å². The van der Waals surface area contributed by atoms with Crippen molar-refractivity contribution in [3.05, 3.63) is 29.3 Å². The van der Waals surface area contributed by atoms with Crippen LogP contribution in [-0.2, 0) is 6.42 Å². The molecule has 1 aromatic rings. The number of methoxy groups -OCH3 is 1. The molecule has 22 heavy (non-hydrogen) atoms. The largest absolute Gasteiger partial charge is 0.496 e. The summed E-state index contributed by atoms with van der Waals surface area (Å²) >= 11 is 0. The van der Waals surface area contributed by atoms with E-state index in [9.17, 15) is 5.11 Å². The predicted octanol–water partition coefficient (Wildman–Crippen LogP) is 4.10. The summed E-state index contributed by atoms with van der Waals surface area (Å²) in [5.74, 6) is 3.01. The van der Waals surface area contributed by atoms with Gasteiger partial charge in [-0.2, -0.15) is 0 Å². The van der Waals surface area contributed by atoms with E-state index < -0.39 is 0 Å². The molecule has 3 aliphatic carbocycles. The first-order valence-corrected chi connectivity index (χ1v) is 8.96. The van der Waals surface area contributed by atoms with Gasteiger partial charge in [-0.1, -0.05) is 6.92 Å². The number of aliphatic hydroxyl groups excluding tert-OH is 1. The molecule has 0 heterocycles. The fourth-order valence-corrected chi connectivity index (χ4v) is 6.05. The Hall–Kier alpha value is -1.02. The molecule has 0 bridgehead atoms. The second kappa shape index (κ2) is 5.26. The second-order valence-electron chi connectivity index (χ2n) is 7.62. The maximum Gasteiger partial charge on any atom is 0.127 e. The molecule has 4 rings (SSSR count). The number of hydrogen-bond acceptors (Lipinski definition) is 2. The topological polar surface area (TPSA) is 29.5 Å². The van der Waals surface area contributed by atoms with E-state index in [4.69, 9.17) is 4.74 Å². The van der Waals surface area contributed by atoms with Crippen molar-refractivity contribution < 1.29 is 9.84 Å². The van der Waals surface area contributed by atoms with Crippen molar-refractivity contribution in [3.8, 4) is 5.75 Å². The molecule has 0 aliphatic heterocycles. The van der Waals surface area contributed by atoms with Crippen LogP contribution in [0.25, 0.3) is 0 Å². The molecule has 0 aromatic heterocycles. The maximum atomic E-state index is 10.6. The Kier molecular flexibility index (Phi) is 3.48. The summed E-state index contributed by atoms with van der Waals surface area (Å²) in [6.07, 6.45) is 8.19. The van der Waals surface area contributed by atoms with Crippen LogP contribution in [0.4, 0.5) is 0 Å². The molecule has 0 amide bonds. The SMILES string of the molecule is CC[C@]12CC[C@@H]3c4cc(OC)[c]cc4CC[C@H]3[C@@H]1CC[C@H]2O. The number of aryl methyl sites for hydroxylation is 1.